The predicted molar refractivity (Wildman–Crippen MR) is 53.7 cm³/mol. The third-order valence-corrected chi connectivity index (χ3v) is 3.53. The van der Waals surface area contributed by atoms with Crippen molar-refractivity contribution in [3.63, 3.8) is 0 Å². The van der Waals surface area contributed by atoms with Crippen LogP contribution in [0.1, 0.15) is 0 Å². The second kappa shape index (κ2) is 3.43. The lowest BCUT2D eigenvalue weighted by atomic mass is 10.6. The highest BCUT2D eigenvalue weighted by molar-refractivity contribution is 7.92. The Morgan fingerprint density at radius 2 is 2.36 bits per heavy atom. The van der Waals surface area contributed by atoms with E-state index in [4.69, 9.17) is 0 Å². The van der Waals surface area contributed by atoms with Crippen molar-refractivity contribution in [1.82, 2.24) is 9.97 Å². The Bertz CT molecular complexity index is 487. The molecule has 5 nitrogen and oxygen atoms in total. The average molecular weight is 229 g/mol. The lowest BCUT2D eigenvalue weighted by Crippen LogP contribution is -2.12. The Morgan fingerprint density at radius 1 is 1.50 bits per heavy atom. The second-order valence-electron chi connectivity index (χ2n) is 2.53. The van der Waals surface area contributed by atoms with E-state index in [1.807, 2.05) is 0 Å². The first-order valence-corrected chi connectivity index (χ1v) is 6.14. The van der Waals surface area contributed by atoms with Gasteiger partial charge in [-0.2, -0.15) is 19.8 Å². The van der Waals surface area contributed by atoms with Gasteiger partial charge in [0.1, 0.15) is 0 Å². The molecule has 0 saturated heterocycles. The third-order valence-electron chi connectivity index (χ3n) is 1.54. The number of hydrogen-bond donors (Lipinski definition) is 2. The summed E-state index contributed by atoms with van der Waals surface area (Å²) in [5.41, 5.74) is 0.560. The lowest BCUT2D eigenvalue weighted by Gasteiger charge is -2.02. The van der Waals surface area contributed by atoms with E-state index < -0.39 is 10.0 Å². The summed E-state index contributed by atoms with van der Waals surface area (Å²) in [4.78, 5) is 6.18. The Labute approximate surface area is 84.9 Å². The molecule has 0 atom stereocenters. The van der Waals surface area contributed by atoms with Gasteiger partial charge in [0.15, 0.2) is 5.03 Å². The standard InChI is InChI=1S/C7H7N3O2S2/c11-14(12,7-3-8-5-9-7)10-6-1-2-13-4-6/h1-5,10H,(H,8,9). The van der Waals surface area contributed by atoms with Crippen LogP contribution in [0.25, 0.3) is 0 Å². The van der Waals surface area contributed by atoms with Gasteiger partial charge in [-0.3, -0.25) is 4.72 Å². The molecule has 14 heavy (non-hydrogen) atoms. The van der Waals surface area contributed by atoms with Crippen LogP contribution in [0.3, 0.4) is 0 Å². The number of aromatic amines is 1. The molecule has 2 N–H and O–H groups in total. The summed E-state index contributed by atoms with van der Waals surface area (Å²) in [6.45, 7) is 0. The van der Waals surface area contributed by atoms with Crippen molar-refractivity contribution < 1.29 is 8.42 Å². The van der Waals surface area contributed by atoms with Crippen LogP contribution in [0.15, 0.2) is 34.4 Å². The van der Waals surface area contributed by atoms with Gasteiger partial charge in [0.2, 0.25) is 0 Å². The molecule has 7 heteroatoms. The third kappa shape index (κ3) is 1.78. The van der Waals surface area contributed by atoms with Crippen molar-refractivity contribution in [2.24, 2.45) is 0 Å². The summed E-state index contributed by atoms with van der Waals surface area (Å²) in [7, 11) is -3.50. The molecule has 0 aliphatic rings. The first-order chi connectivity index (χ1) is 6.68. The zero-order valence-electron chi connectivity index (χ0n) is 6.97. The number of thiophene rings is 1. The van der Waals surface area contributed by atoms with Gasteiger partial charge < -0.3 is 4.98 Å². The van der Waals surface area contributed by atoms with Gasteiger partial charge in [-0.15, -0.1) is 0 Å². The quantitative estimate of drug-likeness (QED) is 0.832. The average Bonchev–Trinajstić information content (AvgIpc) is 2.71. The van der Waals surface area contributed by atoms with Crippen molar-refractivity contribution in [3.05, 3.63) is 29.4 Å². The van der Waals surface area contributed by atoms with Crippen LogP contribution in [-0.2, 0) is 10.0 Å². The number of rotatable bonds is 3. The summed E-state index contributed by atoms with van der Waals surface area (Å²) >= 11 is 1.42. The summed E-state index contributed by atoms with van der Waals surface area (Å²) < 4.78 is 25.6. The number of H-pyrrole nitrogens is 1. The first kappa shape index (κ1) is 9.22. The highest BCUT2D eigenvalue weighted by Crippen LogP contribution is 2.16. The summed E-state index contributed by atoms with van der Waals surface area (Å²) in [5.74, 6) is 0. The molecule has 2 rings (SSSR count). The topological polar surface area (TPSA) is 74.8 Å². The van der Waals surface area contributed by atoms with Gasteiger partial charge in [-0.05, 0) is 11.4 Å². The number of hydrogen-bond acceptors (Lipinski definition) is 4. The number of sulfonamides is 1. The zero-order valence-corrected chi connectivity index (χ0v) is 8.60. The lowest BCUT2D eigenvalue weighted by molar-refractivity contribution is 0.598. The summed E-state index contributed by atoms with van der Waals surface area (Å²) in [5, 5.41) is 3.57. The van der Waals surface area contributed by atoms with Crippen LogP contribution in [-0.4, -0.2) is 18.4 Å². The van der Waals surface area contributed by atoms with Gasteiger partial charge in [0.25, 0.3) is 10.0 Å². The molecule has 0 unspecified atom stereocenters. The number of imidazole rings is 1. The van der Waals surface area contributed by atoms with E-state index in [1.54, 1.807) is 16.8 Å². The molecule has 0 aromatic carbocycles. The zero-order chi connectivity index (χ0) is 10.0. The van der Waals surface area contributed by atoms with Gasteiger partial charge in [0, 0.05) is 5.38 Å². The van der Waals surface area contributed by atoms with Crippen molar-refractivity contribution in [2.75, 3.05) is 4.72 Å². The van der Waals surface area contributed by atoms with Crippen LogP contribution in [0.5, 0.6) is 0 Å². The van der Waals surface area contributed by atoms with E-state index >= 15 is 0 Å². The Balaban J connectivity index is 2.27. The Kier molecular flexibility index (Phi) is 2.26. The van der Waals surface area contributed by atoms with Gasteiger partial charge >= 0.3 is 0 Å². The molecule has 2 aromatic rings. The molecule has 74 valence electrons. The molecule has 2 heterocycles. The fourth-order valence-electron chi connectivity index (χ4n) is 0.923. The molecule has 0 saturated carbocycles. The van der Waals surface area contributed by atoms with E-state index in [0.29, 0.717) is 5.69 Å². The van der Waals surface area contributed by atoms with Crippen LogP contribution in [0, 0.1) is 0 Å². The summed E-state index contributed by atoms with van der Waals surface area (Å²) in [6.07, 6.45) is 2.58. The fourth-order valence-corrected chi connectivity index (χ4v) is 2.54. The van der Waals surface area contributed by atoms with Crippen molar-refractivity contribution in [2.45, 2.75) is 5.03 Å². The molecule has 0 amide bonds. The molecular weight excluding hydrogens is 222 g/mol. The van der Waals surface area contributed by atoms with Gasteiger partial charge in [0.05, 0.1) is 18.2 Å². The van der Waals surface area contributed by atoms with Gasteiger partial charge in [-0.25, -0.2) is 4.98 Å². The SMILES string of the molecule is O=S(=O)(Nc1ccsc1)c1cnc[nH]1. The van der Waals surface area contributed by atoms with E-state index in [2.05, 4.69) is 14.7 Å². The predicted octanol–water partition coefficient (Wildman–Crippen LogP) is 1.27. The van der Waals surface area contributed by atoms with Crippen molar-refractivity contribution in [1.29, 1.82) is 0 Å². The number of nitrogens with zero attached hydrogens (tertiary/aromatic N) is 1. The minimum Gasteiger partial charge on any atom is -0.334 e. The smallest absolute Gasteiger partial charge is 0.279 e. The van der Waals surface area contributed by atoms with Crippen LogP contribution in [0.2, 0.25) is 0 Å². The Morgan fingerprint density at radius 3 is 2.93 bits per heavy atom. The van der Waals surface area contributed by atoms with Crippen molar-refractivity contribution >= 4 is 27.0 Å². The van der Waals surface area contributed by atoms with E-state index in [0.717, 1.165) is 0 Å². The highest BCUT2D eigenvalue weighted by Gasteiger charge is 2.15. The van der Waals surface area contributed by atoms with E-state index in [-0.39, 0.29) is 5.03 Å². The number of anilines is 1. The maximum atomic E-state index is 11.6. The second-order valence-corrected chi connectivity index (χ2v) is 4.96. The molecule has 0 aliphatic carbocycles. The maximum Gasteiger partial charge on any atom is 0.279 e. The number of aromatic nitrogens is 2. The molecule has 2 aromatic heterocycles. The molecular formula is C7H7N3O2S2. The van der Waals surface area contributed by atoms with E-state index in [9.17, 15) is 8.42 Å². The van der Waals surface area contributed by atoms with Crippen LogP contribution in [0.4, 0.5) is 5.69 Å². The summed E-state index contributed by atoms with van der Waals surface area (Å²) in [6, 6.07) is 1.69. The van der Waals surface area contributed by atoms with Crippen molar-refractivity contribution in [3.8, 4) is 0 Å². The molecule has 0 radical (unpaired) electrons. The largest absolute Gasteiger partial charge is 0.334 e. The molecule has 0 bridgehead atoms. The molecule has 0 spiro atoms. The maximum absolute atomic E-state index is 11.6. The fraction of sp³-hybridized carbons (Fsp3) is 0. The van der Waals surface area contributed by atoms with Gasteiger partial charge in [-0.1, -0.05) is 0 Å². The van der Waals surface area contributed by atoms with Crippen LogP contribution < -0.4 is 4.72 Å². The number of nitrogens with one attached hydrogen (secondary N) is 2. The van der Waals surface area contributed by atoms with E-state index in [1.165, 1.54) is 23.9 Å². The minimum atomic E-state index is -3.50. The first-order valence-electron chi connectivity index (χ1n) is 3.72. The minimum absolute atomic E-state index is 0.0590. The monoisotopic (exact) mass is 229 g/mol. The Hall–Kier alpha value is -1.34. The molecule has 0 fully saturated rings. The van der Waals surface area contributed by atoms with Crippen LogP contribution >= 0.6 is 11.3 Å². The molecule has 0 aliphatic heterocycles. The normalized spacial score (nSPS) is 11.4. The highest BCUT2D eigenvalue weighted by atomic mass is 32.2.